The van der Waals surface area contributed by atoms with Crippen LogP contribution in [0, 0.1) is 0 Å². The number of rotatable bonds is 5. The van der Waals surface area contributed by atoms with E-state index < -0.39 is 5.97 Å². The lowest BCUT2D eigenvalue weighted by atomic mass is 10.2. The lowest BCUT2D eigenvalue weighted by Crippen LogP contribution is -2.01. The fraction of sp³-hybridized carbons (Fsp3) is 0.0476. The van der Waals surface area contributed by atoms with Crippen molar-refractivity contribution in [2.45, 2.75) is 0 Å². The molecule has 0 bridgehead atoms. The largest absolute Gasteiger partial charge is 0.496 e. The average Bonchev–Trinajstić information content (AvgIpc) is 3.03. The molecular weight excluding hydrogens is 385 g/mol. The number of allylic oxidation sites excluding steroid dienone is 2. The van der Waals surface area contributed by atoms with E-state index in [4.69, 9.17) is 32.7 Å². The third-order valence-electron chi connectivity index (χ3n) is 3.69. The zero-order valence-corrected chi connectivity index (χ0v) is 15.9. The van der Waals surface area contributed by atoms with Gasteiger partial charge < -0.3 is 9.47 Å². The van der Waals surface area contributed by atoms with Crippen molar-refractivity contribution in [3.8, 4) is 5.75 Å². The highest BCUT2D eigenvalue weighted by Gasteiger charge is 2.20. The van der Waals surface area contributed by atoms with Crippen molar-refractivity contribution in [1.82, 2.24) is 0 Å². The first-order chi connectivity index (χ1) is 13.1. The Kier molecular flexibility index (Phi) is 6.12. The number of benzene rings is 2. The van der Waals surface area contributed by atoms with Crippen molar-refractivity contribution >= 4 is 47.2 Å². The van der Waals surface area contributed by atoms with E-state index in [1.807, 2.05) is 30.3 Å². The minimum absolute atomic E-state index is 0.188. The highest BCUT2D eigenvalue weighted by molar-refractivity contribution is 6.42. The first-order valence-electron chi connectivity index (χ1n) is 8.03. The van der Waals surface area contributed by atoms with Crippen molar-refractivity contribution in [2.75, 3.05) is 7.11 Å². The SMILES string of the molecule is COc1ccccc1/C=C/C=C1N=C(/C=C/c2cccc(Cl)c2Cl)OC\1=O. The van der Waals surface area contributed by atoms with Crippen LogP contribution < -0.4 is 4.74 Å². The predicted molar refractivity (Wildman–Crippen MR) is 109 cm³/mol. The molecule has 0 spiro atoms. The van der Waals surface area contributed by atoms with E-state index in [2.05, 4.69) is 4.99 Å². The van der Waals surface area contributed by atoms with Gasteiger partial charge in [-0.2, -0.15) is 0 Å². The van der Waals surface area contributed by atoms with Gasteiger partial charge in [0.2, 0.25) is 5.90 Å². The molecular formula is C21H15Cl2NO3. The van der Waals surface area contributed by atoms with E-state index in [1.54, 1.807) is 49.6 Å². The van der Waals surface area contributed by atoms with E-state index >= 15 is 0 Å². The normalized spacial score (nSPS) is 15.6. The number of hydrogen-bond acceptors (Lipinski definition) is 4. The van der Waals surface area contributed by atoms with Gasteiger partial charge in [-0.1, -0.05) is 65.7 Å². The summed E-state index contributed by atoms with van der Waals surface area (Å²) in [6, 6.07) is 12.8. The summed E-state index contributed by atoms with van der Waals surface area (Å²) in [5.74, 6) is 0.413. The van der Waals surface area contributed by atoms with Crippen LogP contribution in [-0.2, 0) is 9.53 Å². The van der Waals surface area contributed by atoms with Gasteiger partial charge in [-0.05, 0) is 29.8 Å². The third kappa shape index (κ3) is 4.67. The van der Waals surface area contributed by atoms with Gasteiger partial charge in [0.25, 0.3) is 0 Å². The number of carbonyl (C=O) groups excluding carboxylic acids is 1. The molecule has 136 valence electrons. The minimum Gasteiger partial charge on any atom is -0.496 e. The predicted octanol–water partition coefficient (Wildman–Crippen LogP) is 5.57. The molecule has 4 nitrogen and oxygen atoms in total. The number of ether oxygens (including phenoxy) is 2. The zero-order chi connectivity index (χ0) is 19.2. The van der Waals surface area contributed by atoms with Gasteiger partial charge in [-0.15, -0.1) is 0 Å². The molecule has 0 amide bonds. The van der Waals surface area contributed by atoms with Gasteiger partial charge in [0.1, 0.15) is 5.75 Å². The van der Waals surface area contributed by atoms with Crippen LogP contribution in [0.3, 0.4) is 0 Å². The van der Waals surface area contributed by atoms with Gasteiger partial charge in [0.05, 0.1) is 17.2 Å². The van der Waals surface area contributed by atoms with Gasteiger partial charge in [0.15, 0.2) is 5.70 Å². The van der Waals surface area contributed by atoms with Crippen LogP contribution in [0.2, 0.25) is 10.0 Å². The smallest absolute Gasteiger partial charge is 0.363 e. The molecule has 2 aromatic carbocycles. The number of methoxy groups -OCH3 is 1. The molecule has 0 aromatic heterocycles. The van der Waals surface area contributed by atoms with Crippen LogP contribution in [0.25, 0.3) is 12.2 Å². The molecule has 0 saturated heterocycles. The monoisotopic (exact) mass is 399 g/mol. The molecule has 0 radical (unpaired) electrons. The average molecular weight is 400 g/mol. The second-order valence-corrected chi connectivity index (χ2v) is 6.25. The number of aliphatic imine (C=N–C) groups is 1. The molecule has 0 atom stereocenters. The maximum absolute atomic E-state index is 11.9. The van der Waals surface area contributed by atoms with Gasteiger partial charge in [-0.25, -0.2) is 9.79 Å². The molecule has 1 heterocycles. The van der Waals surface area contributed by atoms with Crippen molar-refractivity contribution in [3.63, 3.8) is 0 Å². The summed E-state index contributed by atoms with van der Waals surface area (Å²) >= 11 is 12.1. The molecule has 2 aromatic rings. The summed E-state index contributed by atoms with van der Waals surface area (Å²) < 4.78 is 10.4. The van der Waals surface area contributed by atoms with Crippen molar-refractivity contribution in [1.29, 1.82) is 0 Å². The van der Waals surface area contributed by atoms with Crippen LogP contribution in [-0.4, -0.2) is 19.0 Å². The molecule has 27 heavy (non-hydrogen) atoms. The molecule has 0 aliphatic carbocycles. The molecule has 0 fully saturated rings. The summed E-state index contributed by atoms with van der Waals surface area (Å²) in [6.07, 6.45) is 8.39. The van der Waals surface area contributed by atoms with Crippen LogP contribution in [0.5, 0.6) is 5.75 Å². The molecule has 3 rings (SSSR count). The summed E-state index contributed by atoms with van der Waals surface area (Å²) in [6.45, 7) is 0. The molecule has 0 saturated carbocycles. The van der Waals surface area contributed by atoms with E-state index in [-0.39, 0.29) is 11.6 Å². The second-order valence-electron chi connectivity index (χ2n) is 5.47. The van der Waals surface area contributed by atoms with Crippen molar-refractivity contribution in [3.05, 3.63) is 87.6 Å². The van der Waals surface area contributed by atoms with E-state index in [0.29, 0.717) is 15.6 Å². The van der Waals surface area contributed by atoms with Gasteiger partial charge >= 0.3 is 5.97 Å². The van der Waals surface area contributed by atoms with Crippen molar-refractivity contribution < 1.29 is 14.3 Å². The Morgan fingerprint density at radius 1 is 1.00 bits per heavy atom. The van der Waals surface area contributed by atoms with Gasteiger partial charge in [-0.3, -0.25) is 0 Å². The van der Waals surface area contributed by atoms with Crippen molar-refractivity contribution in [2.24, 2.45) is 4.99 Å². The molecule has 1 aliphatic heterocycles. The number of hydrogen-bond donors (Lipinski definition) is 0. The van der Waals surface area contributed by atoms with Crippen LogP contribution in [0.4, 0.5) is 0 Å². The zero-order valence-electron chi connectivity index (χ0n) is 14.4. The number of esters is 1. The summed E-state index contributed by atoms with van der Waals surface area (Å²) in [5, 5.41) is 0.877. The Hall–Kier alpha value is -2.82. The highest BCUT2D eigenvalue weighted by atomic mass is 35.5. The lowest BCUT2D eigenvalue weighted by Gasteiger charge is -2.02. The number of nitrogens with zero attached hydrogens (tertiary/aromatic N) is 1. The fourth-order valence-corrected chi connectivity index (χ4v) is 2.74. The first-order valence-corrected chi connectivity index (χ1v) is 8.78. The van der Waals surface area contributed by atoms with Crippen LogP contribution in [0.15, 0.2) is 71.4 Å². The maximum Gasteiger partial charge on any atom is 0.363 e. The highest BCUT2D eigenvalue weighted by Crippen LogP contribution is 2.26. The van der Waals surface area contributed by atoms with E-state index in [0.717, 1.165) is 11.3 Å². The molecule has 0 N–H and O–H groups in total. The number of cyclic esters (lactones) is 1. The lowest BCUT2D eigenvalue weighted by molar-refractivity contribution is -0.129. The fourth-order valence-electron chi connectivity index (χ4n) is 2.37. The Morgan fingerprint density at radius 3 is 2.59 bits per heavy atom. The Bertz CT molecular complexity index is 991. The molecule has 6 heteroatoms. The second kappa shape index (κ2) is 8.71. The number of carbonyl (C=O) groups is 1. The number of halogens is 2. The minimum atomic E-state index is -0.517. The van der Waals surface area contributed by atoms with E-state index in [9.17, 15) is 4.79 Å². The third-order valence-corrected chi connectivity index (χ3v) is 4.53. The number of para-hydroxylation sites is 1. The standard InChI is InChI=1S/C21H15Cl2NO3/c1-26-18-11-3-2-6-14(18)7-5-10-17-21(25)27-19(24-17)13-12-15-8-4-9-16(22)20(15)23/h2-13H,1H3/b7-5+,13-12+,17-10-. The van der Waals surface area contributed by atoms with E-state index in [1.165, 1.54) is 0 Å². The van der Waals surface area contributed by atoms with Gasteiger partial charge in [0, 0.05) is 11.6 Å². The van der Waals surface area contributed by atoms with Crippen LogP contribution >= 0.6 is 23.2 Å². The Labute approximate surface area is 167 Å². The molecule has 1 aliphatic rings. The molecule has 0 unspecified atom stereocenters. The summed E-state index contributed by atoms with van der Waals surface area (Å²) in [5.41, 5.74) is 1.80. The maximum atomic E-state index is 11.9. The topological polar surface area (TPSA) is 47.9 Å². The van der Waals surface area contributed by atoms with Crippen LogP contribution in [0.1, 0.15) is 11.1 Å². The quantitative estimate of drug-likeness (QED) is 0.487. The Morgan fingerprint density at radius 2 is 1.78 bits per heavy atom. The first kappa shape index (κ1) is 19.0. The Balaban J connectivity index is 1.75. The summed E-state index contributed by atoms with van der Waals surface area (Å²) in [7, 11) is 1.61. The summed E-state index contributed by atoms with van der Waals surface area (Å²) in [4.78, 5) is 16.1.